The third-order valence-corrected chi connectivity index (χ3v) is 15.6. The molecule has 1 aliphatic heterocycles. The second-order valence-electron chi connectivity index (χ2n) is 11.1. The van der Waals surface area contributed by atoms with Crippen LogP contribution in [0, 0.1) is 4.37 Å². The zero-order valence-corrected chi connectivity index (χ0v) is 31.6. The molecule has 0 N–H and O–H groups in total. The molecule has 1 fully saturated rings. The fourth-order valence-corrected chi connectivity index (χ4v) is 13.7. The van der Waals surface area contributed by atoms with Crippen LogP contribution in [0.15, 0.2) is 150 Å². The fourth-order valence-electron chi connectivity index (χ4n) is 6.00. The van der Waals surface area contributed by atoms with Crippen LogP contribution in [0.3, 0.4) is 0 Å². The Morgan fingerprint density at radius 2 is 1.21 bits per heavy atom. The molecular formula is C42H37OOsPS2+. The second-order valence-corrected chi connectivity index (χ2v) is 17.3. The molecule has 47 heavy (non-hydrogen) atoms. The van der Waals surface area contributed by atoms with E-state index < -0.39 is 7.26 Å². The van der Waals surface area contributed by atoms with E-state index in [-0.39, 0.29) is 0 Å². The van der Waals surface area contributed by atoms with Crippen molar-refractivity contribution >= 4 is 69.7 Å². The van der Waals surface area contributed by atoms with Gasteiger partial charge in [0, 0.05) is 0 Å². The van der Waals surface area contributed by atoms with E-state index in [4.69, 9.17) is 4.74 Å². The zero-order valence-electron chi connectivity index (χ0n) is 26.6. The van der Waals surface area contributed by atoms with Gasteiger partial charge in [-0.1, -0.05) is 6.08 Å². The normalized spacial score (nSPS) is 16.0. The van der Waals surface area contributed by atoms with E-state index in [0.29, 0.717) is 13.2 Å². The summed E-state index contributed by atoms with van der Waals surface area (Å²) in [7, 11) is -2.38. The average Bonchev–Trinajstić information content (AvgIpc) is 3.89. The van der Waals surface area contributed by atoms with Gasteiger partial charge in [0.15, 0.2) is 0 Å². The standard InChI is InChI=1S/C42H37OPS2.Os/c1-4-15-33-30-43-31-34(33)29-41(42-28-27-40(46-42)26-25-39-24-23-38(45-39)16-5-2)32(3)44(35-17-9-6-10-18-35,36-19-11-7-12-20-36)37-21-13-8-14-22-37;/h5-29H,4,30-31H2,1-2H3;/q+1;/b16-5+,26-25+,33-15?,34-29?,41-32?;. The summed E-state index contributed by atoms with van der Waals surface area (Å²) in [5.41, 5.74) is 3.77. The van der Waals surface area contributed by atoms with Gasteiger partial charge in [-0.3, -0.25) is 0 Å². The molecule has 0 radical (unpaired) electrons. The molecule has 0 aliphatic carbocycles. The van der Waals surface area contributed by atoms with Gasteiger partial charge in [-0.05, 0) is 6.92 Å². The quantitative estimate of drug-likeness (QED) is 0.127. The van der Waals surface area contributed by atoms with Gasteiger partial charge >= 0.3 is 287 Å². The van der Waals surface area contributed by atoms with E-state index in [1.807, 2.05) is 40.6 Å². The summed E-state index contributed by atoms with van der Waals surface area (Å²) < 4.78 is 9.92. The number of ether oxygens (including phenoxy) is 1. The zero-order chi connectivity index (χ0) is 32.5. The number of allylic oxidation sites excluding steroid dienone is 5. The van der Waals surface area contributed by atoms with Crippen LogP contribution in [0.1, 0.15) is 39.8 Å². The Hall–Kier alpha value is -3.43. The monoisotopic (exact) mass is 844 g/mol. The molecule has 1 saturated heterocycles. The molecule has 2 aromatic heterocycles. The van der Waals surface area contributed by atoms with Crippen LogP contribution in [0.25, 0.3) is 23.8 Å². The molecule has 5 aromatic rings. The van der Waals surface area contributed by atoms with Crippen LogP contribution in [0.2, 0.25) is 0 Å². The molecule has 235 valence electrons. The minimum absolute atomic E-state index is 0.618. The van der Waals surface area contributed by atoms with Gasteiger partial charge in [-0.2, -0.15) is 0 Å². The first kappa shape index (κ1) is 33.5. The van der Waals surface area contributed by atoms with Gasteiger partial charge in [0.2, 0.25) is 0 Å². The van der Waals surface area contributed by atoms with E-state index in [2.05, 4.69) is 170 Å². The number of thiophene rings is 2. The first-order chi connectivity index (χ1) is 23.2. The van der Waals surface area contributed by atoms with Crippen LogP contribution in [0.4, 0.5) is 0 Å². The summed E-state index contributed by atoms with van der Waals surface area (Å²) in [6.07, 6.45) is 14.4. The molecule has 0 spiro atoms. The van der Waals surface area contributed by atoms with Crippen LogP contribution < -0.4 is 15.9 Å². The van der Waals surface area contributed by atoms with Gasteiger partial charge in [-0.25, -0.2) is 0 Å². The molecule has 0 unspecified atom stereocenters. The van der Waals surface area contributed by atoms with E-state index in [0.717, 1.165) is 6.42 Å². The Balaban J connectivity index is 1.63. The predicted molar refractivity (Wildman–Crippen MR) is 206 cm³/mol. The van der Waals surface area contributed by atoms with Gasteiger partial charge < -0.3 is 0 Å². The maximum atomic E-state index is 6.04. The van der Waals surface area contributed by atoms with Crippen molar-refractivity contribution in [3.63, 3.8) is 0 Å². The second kappa shape index (κ2) is 16.1. The third kappa shape index (κ3) is 7.36. The molecule has 1 nitrogen and oxygen atoms in total. The van der Waals surface area contributed by atoms with Crippen molar-refractivity contribution in [2.24, 2.45) is 0 Å². The summed E-state index contributed by atoms with van der Waals surface area (Å²) in [5.74, 6) is 0. The molecule has 1 aliphatic rings. The van der Waals surface area contributed by atoms with Crippen molar-refractivity contribution in [3.05, 3.63) is 169 Å². The molecular weight excluding hydrogens is 806 g/mol. The minimum atomic E-state index is -2.38. The van der Waals surface area contributed by atoms with Crippen molar-refractivity contribution in [1.82, 2.24) is 0 Å². The summed E-state index contributed by atoms with van der Waals surface area (Å²) in [6, 6.07) is 42.2. The Kier molecular flexibility index (Phi) is 11.5. The summed E-state index contributed by atoms with van der Waals surface area (Å²) in [4.78, 5) is 4.99. The summed E-state index contributed by atoms with van der Waals surface area (Å²) in [6.45, 7) is 5.54. The first-order valence-corrected chi connectivity index (χ1v) is 20.5. The Bertz CT molecular complexity index is 1910. The third-order valence-electron chi connectivity index (χ3n) is 8.08. The van der Waals surface area contributed by atoms with Crippen LogP contribution in [-0.2, 0) is 22.7 Å². The number of hydrogen-bond donors (Lipinski definition) is 0. The maximum absolute atomic E-state index is 6.04. The van der Waals surface area contributed by atoms with Crippen molar-refractivity contribution in [2.45, 2.75) is 20.3 Å². The Morgan fingerprint density at radius 3 is 1.74 bits per heavy atom. The van der Waals surface area contributed by atoms with Crippen LogP contribution in [-0.4, -0.2) is 13.2 Å². The Labute approximate surface area is 297 Å². The van der Waals surface area contributed by atoms with Crippen molar-refractivity contribution in [1.29, 1.82) is 0 Å². The van der Waals surface area contributed by atoms with Crippen molar-refractivity contribution in [2.75, 3.05) is 13.2 Å². The molecule has 3 aromatic carbocycles. The van der Waals surface area contributed by atoms with E-state index in [9.17, 15) is 0 Å². The SMILES string of the molecule is C/C=C/c1ccc(/C=C/c2ccc(C(C=C3COCC3=CCC)=C([C]#[Os])[P+](c3ccccc3)(c3ccccc3)c3ccccc3)s2)s1. The number of benzene rings is 3. The molecule has 0 saturated carbocycles. The summed E-state index contributed by atoms with van der Waals surface area (Å²) >= 11 is 5.49. The van der Waals surface area contributed by atoms with Crippen LogP contribution >= 0.6 is 29.9 Å². The van der Waals surface area contributed by atoms with Gasteiger partial charge in [0.05, 0.1) is 0 Å². The number of hydrogen-bond acceptors (Lipinski definition) is 3. The van der Waals surface area contributed by atoms with E-state index >= 15 is 0 Å². The van der Waals surface area contributed by atoms with Gasteiger partial charge in [0.25, 0.3) is 0 Å². The predicted octanol–water partition coefficient (Wildman–Crippen LogP) is 10.5. The topological polar surface area (TPSA) is 9.23 Å². The Morgan fingerprint density at radius 1 is 0.702 bits per heavy atom. The molecule has 0 bridgehead atoms. The first-order valence-electron chi connectivity index (χ1n) is 15.8. The molecule has 0 atom stereocenters. The van der Waals surface area contributed by atoms with Gasteiger partial charge in [-0.15, -0.1) is 0 Å². The molecule has 3 heterocycles. The fraction of sp³-hybridized carbons (Fsp3) is 0.119. The van der Waals surface area contributed by atoms with E-state index in [1.54, 1.807) is 0 Å². The molecule has 0 amide bonds. The van der Waals surface area contributed by atoms with Gasteiger partial charge in [0.1, 0.15) is 0 Å². The summed E-state index contributed by atoms with van der Waals surface area (Å²) in [5, 5.41) is 5.21. The van der Waals surface area contributed by atoms with Crippen LogP contribution in [0.5, 0.6) is 0 Å². The molecule has 5 heteroatoms. The van der Waals surface area contributed by atoms with Crippen molar-refractivity contribution < 1.29 is 22.7 Å². The molecule has 6 rings (SSSR count). The van der Waals surface area contributed by atoms with E-state index in [1.165, 1.54) is 57.5 Å². The number of rotatable bonds is 10. The van der Waals surface area contributed by atoms with Crippen molar-refractivity contribution in [3.8, 4) is 4.37 Å². The average molecular weight is 843 g/mol.